The summed E-state index contributed by atoms with van der Waals surface area (Å²) in [6, 6.07) is 0.521. The van der Waals surface area contributed by atoms with Gasteiger partial charge in [0.05, 0.1) is 23.8 Å². The number of ether oxygens (including phenoxy) is 1. The predicted molar refractivity (Wildman–Crippen MR) is 52.5 cm³/mol. The third-order valence-electron chi connectivity index (χ3n) is 2.47. The molecule has 19 heavy (non-hydrogen) atoms. The highest BCUT2D eigenvalue weighted by Gasteiger charge is 2.41. The fraction of sp³-hybridized carbons (Fsp3) is 0.364. The van der Waals surface area contributed by atoms with Gasteiger partial charge in [0, 0.05) is 0 Å². The molecule has 8 heteroatoms. The van der Waals surface area contributed by atoms with Crippen molar-refractivity contribution in [2.75, 3.05) is 7.11 Å². The zero-order valence-corrected chi connectivity index (χ0v) is 9.74. The minimum absolute atomic E-state index is 0.224. The SMILES string of the molecule is COC(=O)c1c(C(F)(F)F)ccc(C(F)(F)F)c1C. The van der Waals surface area contributed by atoms with Crippen LogP contribution in [-0.4, -0.2) is 13.1 Å². The van der Waals surface area contributed by atoms with Crippen LogP contribution in [-0.2, 0) is 17.1 Å². The first kappa shape index (κ1) is 15.3. The molecule has 0 saturated carbocycles. The Labute approximate surface area is 104 Å². The van der Waals surface area contributed by atoms with Crippen LogP contribution in [0, 0.1) is 6.92 Å². The number of alkyl halides is 6. The summed E-state index contributed by atoms with van der Waals surface area (Å²) in [5, 5.41) is 0. The monoisotopic (exact) mass is 286 g/mol. The standard InChI is InChI=1S/C11H8F6O2/c1-5-6(10(12,13)14)3-4-7(11(15,16)17)8(5)9(18)19-2/h3-4H,1-2H3. The summed E-state index contributed by atoms with van der Waals surface area (Å²) >= 11 is 0. The van der Waals surface area contributed by atoms with Gasteiger partial charge < -0.3 is 4.74 Å². The molecule has 1 aromatic rings. The van der Waals surface area contributed by atoms with Crippen LogP contribution in [0.1, 0.15) is 27.0 Å². The molecule has 0 heterocycles. The maximum Gasteiger partial charge on any atom is 0.417 e. The second kappa shape index (κ2) is 4.75. The quantitative estimate of drug-likeness (QED) is 0.579. The van der Waals surface area contributed by atoms with Crippen LogP contribution in [0.2, 0.25) is 0 Å². The summed E-state index contributed by atoms with van der Waals surface area (Å²) in [7, 11) is 0.794. The molecule has 0 unspecified atom stereocenters. The zero-order chi connectivity index (χ0) is 15.0. The molecule has 0 bridgehead atoms. The summed E-state index contributed by atoms with van der Waals surface area (Å²) in [6.45, 7) is 0.796. The van der Waals surface area contributed by atoms with Gasteiger partial charge in [0.15, 0.2) is 0 Å². The third kappa shape index (κ3) is 2.99. The van der Waals surface area contributed by atoms with E-state index >= 15 is 0 Å². The maximum atomic E-state index is 12.7. The molecular weight excluding hydrogens is 278 g/mol. The molecule has 1 rings (SSSR count). The van der Waals surface area contributed by atoms with Crippen molar-refractivity contribution in [3.63, 3.8) is 0 Å². The molecule has 0 atom stereocenters. The van der Waals surface area contributed by atoms with Crippen LogP contribution in [0.4, 0.5) is 26.3 Å². The lowest BCUT2D eigenvalue weighted by molar-refractivity contribution is -0.142. The Morgan fingerprint density at radius 1 is 1.00 bits per heavy atom. The van der Waals surface area contributed by atoms with E-state index in [9.17, 15) is 31.1 Å². The normalized spacial score (nSPS) is 12.4. The molecule has 0 spiro atoms. The van der Waals surface area contributed by atoms with Gasteiger partial charge >= 0.3 is 18.3 Å². The van der Waals surface area contributed by atoms with Crippen LogP contribution >= 0.6 is 0 Å². The van der Waals surface area contributed by atoms with Gasteiger partial charge in [-0.3, -0.25) is 0 Å². The maximum absolute atomic E-state index is 12.7. The highest BCUT2D eigenvalue weighted by atomic mass is 19.4. The van der Waals surface area contributed by atoms with Crippen molar-refractivity contribution in [1.82, 2.24) is 0 Å². The first-order chi connectivity index (χ1) is 8.50. The van der Waals surface area contributed by atoms with Crippen molar-refractivity contribution >= 4 is 5.97 Å². The van der Waals surface area contributed by atoms with Crippen LogP contribution in [0.5, 0.6) is 0 Å². The van der Waals surface area contributed by atoms with Crippen molar-refractivity contribution in [1.29, 1.82) is 0 Å². The van der Waals surface area contributed by atoms with E-state index in [1.165, 1.54) is 0 Å². The smallest absolute Gasteiger partial charge is 0.417 e. The minimum atomic E-state index is -4.95. The van der Waals surface area contributed by atoms with Crippen LogP contribution in [0.15, 0.2) is 12.1 Å². The second-order valence-electron chi connectivity index (χ2n) is 3.65. The molecule has 0 aliphatic heterocycles. The number of esters is 1. The lowest BCUT2D eigenvalue weighted by Gasteiger charge is -2.17. The van der Waals surface area contributed by atoms with Crippen molar-refractivity contribution in [3.8, 4) is 0 Å². The Bertz CT molecular complexity index is 501. The van der Waals surface area contributed by atoms with Crippen LogP contribution in [0.25, 0.3) is 0 Å². The molecule has 2 nitrogen and oxygen atoms in total. The molecule has 0 aliphatic carbocycles. The van der Waals surface area contributed by atoms with E-state index in [0.717, 1.165) is 14.0 Å². The summed E-state index contributed by atoms with van der Waals surface area (Å²) in [5.41, 5.74) is -4.69. The highest BCUT2D eigenvalue weighted by Crippen LogP contribution is 2.39. The van der Waals surface area contributed by atoms with E-state index in [1.807, 2.05) is 0 Å². The molecule has 0 N–H and O–H groups in total. The van der Waals surface area contributed by atoms with Gasteiger partial charge in [-0.2, -0.15) is 26.3 Å². The van der Waals surface area contributed by atoms with E-state index in [4.69, 9.17) is 0 Å². The van der Waals surface area contributed by atoms with Gasteiger partial charge in [-0.05, 0) is 24.6 Å². The third-order valence-corrected chi connectivity index (χ3v) is 2.47. The van der Waals surface area contributed by atoms with E-state index in [2.05, 4.69) is 4.74 Å². The van der Waals surface area contributed by atoms with Gasteiger partial charge in [-0.25, -0.2) is 4.79 Å². The lowest BCUT2D eigenvalue weighted by atomic mass is 9.96. The molecule has 0 radical (unpaired) electrons. The molecule has 0 saturated heterocycles. The predicted octanol–water partition coefficient (Wildman–Crippen LogP) is 3.82. The molecule has 0 amide bonds. The molecule has 106 valence electrons. The number of methoxy groups -OCH3 is 1. The fourth-order valence-corrected chi connectivity index (χ4v) is 1.62. The minimum Gasteiger partial charge on any atom is -0.465 e. The molecule has 1 aromatic carbocycles. The fourth-order valence-electron chi connectivity index (χ4n) is 1.62. The van der Waals surface area contributed by atoms with E-state index in [1.54, 1.807) is 0 Å². The Hall–Kier alpha value is -1.73. The van der Waals surface area contributed by atoms with Crippen LogP contribution < -0.4 is 0 Å². The molecule has 0 aromatic heterocycles. The van der Waals surface area contributed by atoms with Crippen LogP contribution in [0.3, 0.4) is 0 Å². The zero-order valence-electron chi connectivity index (χ0n) is 9.74. The molecule has 0 fully saturated rings. The number of rotatable bonds is 1. The topological polar surface area (TPSA) is 26.3 Å². The second-order valence-corrected chi connectivity index (χ2v) is 3.65. The van der Waals surface area contributed by atoms with E-state index in [0.29, 0.717) is 6.07 Å². The number of carbonyl (C=O) groups is 1. The summed E-state index contributed by atoms with van der Waals surface area (Å²) in [5.74, 6) is -1.46. The average Bonchev–Trinajstić information content (AvgIpc) is 2.24. The average molecular weight is 286 g/mol. The number of hydrogen-bond acceptors (Lipinski definition) is 2. The highest BCUT2D eigenvalue weighted by molar-refractivity contribution is 5.93. The van der Waals surface area contributed by atoms with Crippen molar-refractivity contribution in [2.45, 2.75) is 19.3 Å². The Morgan fingerprint density at radius 3 is 1.79 bits per heavy atom. The van der Waals surface area contributed by atoms with E-state index in [-0.39, 0.29) is 6.07 Å². The number of hydrogen-bond donors (Lipinski definition) is 0. The summed E-state index contributed by atoms with van der Waals surface area (Å²) in [4.78, 5) is 11.3. The van der Waals surface area contributed by atoms with Gasteiger partial charge in [-0.15, -0.1) is 0 Å². The Kier molecular flexibility index (Phi) is 3.83. The number of carbonyl (C=O) groups excluding carboxylic acids is 1. The largest absolute Gasteiger partial charge is 0.465 e. The van der Waals surface area contributed by atoms with Gasteiger partial charge in [0.2, 0.25) is 0 Å². The van der Waals surface area contributed by atoms with Crippen molar-refractivity contribution in [2.24, 2.45) is 0 Å². The first-order valence-corrected chi connectivity index (χ1v) is 4.86. The lowest BCUT2D eigenvalue weighted by Crippen LogP contribution is -2.19. The van der Waals surface area contributed by atoms with Gasteiger partial charge in [0.1, 0.15) is 0 Å². The Balaban J connectivity index is 3.65. The van der Waals surface area contributed by atoms with Gasteiger partial charge in [-0.1, -0.05) is 0 Å². The number of halogens is 6. The first-order valence-electron chi connectivity index (χ1n) is 4.86. The molecular formula is C11H8F6O2. The summed E-state index contributed by atoms with van der Waals surface area (Å²) in [6.07, 6.45) is -9.80. The number of benzene rings is 1. The Morgan fingerprint density at radius 2 is 1.42 bits per heavy atom. The van der Waals surface area contributed by atoms with Gasteiger partial charge in [0.25, 0.3) is 0 Å². The summed E-state index contributed by atoms with van der Waals surface area (Å²) < 4.78 is 79.9. The van der Waals surface area contributed by atoms with E-state index < -0.39 is 40.6 Å². The van der Waals surface area contributed by atoms with Crippen molar-refractivity contribution < 1.29 is 35.9 Å². The molecule has 0 aliphatic rings. The van der Waals surface area contributed by atoms with Crippen molar-refractivity contribution in [3.05, 3.63) is 34.4 Å².